The first kappa shape index (κ1) is 16.8. The van der Waals surface area contributed by atoms with Gasteiger partial charge < -0.3 is 15.8 Å². The van der Waals surface area contributed by atoms with E-state index in [2.05, 4.69) is 5.32 Å². The fourth-order valence-corrected chi connectivity index (χ4v) is 1.86. The van der Waals surface area contributed by atoms with Crippen LogP contribution in [0.2, 0.25) is 0 Å². The molecule has 3 N–H and O–H groups in total. The second-order valence-corrected chi connectivity index (χ2v) is 5.07. The van der Waals surface area contributed by atoms with E-state index >= 15 is 0 Å². The Morgan fingerprint density at radius 2 is 2.00 bits per heavy atom. The van der Waals surface area contributed by atoms with Crippen molar-refractivity contribution in [3.8, 4) is 0 Å². The predicted octanol–water partition coefficient (Wildman–Crippen LogP) is -0.240. The third kappa shape index (κ3) is 3.87. The van der Waals surface area contributed by atoms with Crippen molar-refractivity contribution in [3.05, 3.63) is 20.8 Å². The summed E-state index contributed by atoms with van der Waals surface area (Å²) in [5.41, 5.74) is 4.88. The van der Waals surface area contributed by atoms with E-state index in [4.69, 9.17) is 10.5 Å². The minimum atomic E-state index is -0.568. The third-order valence-corrected chi connectivity index (χ3v) is 2.85. The van der Waals surface area contributed by atoms with Gasteiger partial charge in [-0.05, 0) is 12.8 Å². The maximum atomic E-state index is 12.1. The number of anilines is 2. The first-order valence-electron chi connectivity index (χ1n) is 6.78. The van der Waals surface area contributed by atoms with Crippen molar-refractivity contribution >= 4 is 17.5 Å². The van der Waals surface area contributed by atoms with E-state index < -0.39 is 17.2 Å². The zero-order valence-electron chi connectivity index (χ0n) is 12.8. The molecule has 1 rings (SSSR count). The van der Waals surface area contributed by atoms with Gasteiger partial charge in [0.15, 0.2) is 0 Å². The van der Waals surface area contributed by atoms with Gasteiger partial charge in [0.1, 0.15) is 18.1 Å². The molecule has 0 fully saturated rings. The molecule has 0 aliphatic carbocycles. The molecule has 8 nitrogen and oxygen atoms in total. The minimum absolute atomic E-state index is 0.0288. The van der Waals surface area contributed by atoms with Crippen LogP contribution in [-0.2, 0) is 23.1 Å². The molecule has 1 aromatic rings. The molecule has 1 aromatic heterocycles. The Hall–Kier alpha value is -2.25. The third-order valence-electron chi connectivity index (χ3n) is 2.85. The van der Waals surface area contributed by atoms with Crippen LogP contribution < -0.4 is 22.3 Å². The summed E-state index contributed by atoms with van der Waals surface area (Å²) < 4.78 is 7.06. The van der Waals surface area contributed by atoms with Gasteiger partial charge in [0, 0.05) is 13.6 Å². The lowest BCUT2D eigenvalue weighted by Crippen LogP contribution is -2.41. The number of hydrogen-bond donors (Lipinski definition) is 2. The van der Waals surface area contributed by atoms with Crippen LogP contribution in [0.15, 0.2) is 9.59 Å². The standard InChI is InChI=1S/C13H22N4O4/c1-5-21-9(18)6-15-10-11(14)17(7-8(2)3)13(20)16(4)12(10)19/h8,15H,5-7,14H2,1-4H3. The number of carbonyl (C=O) groups is 1. The first-order chi connectivity index (χ1) is 9.79. The number of rotatable bonds is 6. The van der Waals surface area contributed by atoms with Crippen LogP contribution in [0.4, 0.5) is 11.5 Å². The van der Waals surface area contributed by atoms with Gasteiger partial charge in [-0.1, -0.05) is 13.8 Å². The maximum absolute atomic E-state index is 12.1. The SMILES string of the molecule is CCOC(=O)CNc1c(N)n(CC(C)C)c(=O)n(C)c1=O. The zero-order chi connectivity index (χ0) is 16.2. The van der Waals surface area contributed by atoms with Crippen molar-refractivity contribution in [1.29, 1.82) is 0 Å². The van der Waals surface area contributed by atoms with E-state index in [-0.39, 0.29) is 30.6 Å². The molecule has 8 heteroatoms. The Balaban J connectivity index is 3.20. The van der Waals surface area contributed by atoms with Crippen LogP contribution in [-0.4, -0.2) is 28.3 Å². The molecule has 0 bridgehead atoms. The Morgan fingerprint density at radius 1 is 1.38 bits per heavy atom. The Bertz CT molecular complexity index is 630. The first-order valence-corrected chi connectivity index (χ1v) is 6.78. The summed E-state index contributed by atoms with van der Waals surface area (Å²) in [4.78, 5) is 35.5. The molecule has 0 radical (unpaired) electrons. The Kier molecular flexibility index (Phi) is 5.57. The average Bonchev–Trinajstić information content (AvgIpc) is 2.41. The van der Waals surface area contributed by atoms with Crippen LogP contribution in [0.25, 0.3) is 0 Å². The number of nitrogens with zero attached hydrogens (tertiary/aromatic N) is 2. The van der Waals surface area contributed by atoms with E-state index in [9.17, 15) is 14.4 Å². The highest BCUT2D eigenvalue weighted by Gasteiger charge is 2.16. The Labute approximate surface area is 122 Å². The molecule has 0 aliphatic rings. The Morgan fingerprint density at radius 3 is 2.52 bits per heavy atom. The second-order valence-electron chi connectivity index (χ2n) is 5.07. The van der Waals surface area contributed by atoms with E-state index in [0.29, 0.717) is 6.54 Å². The monoisotopic (exact) mass is 298 g/mol. The van der Waals surface area contributed by atoms with Gasteiger partial charge in [-0.3, -0.25) is 18.7 Å². The number of hydrogen-bond acceptors (Lipinski definition) is 6. The molecule has 0 spiro atoms. The molecule has 118 valence electrons. The van der Waals surface area contributed by atoms with Gasteiger partial charge in [-0.15, -0.1) is 0 Å². The highest BCUT2D eigenvalue weighted by Crippen LogP contribution is 2.12. The van der Waals surface area contributed by atoms with Crippen molar-refractivity contribution in [2.24, 2.45) is 13.0 Å². The summed E-state index contributed by atoms with van der Waals surface area (Å²) in [6.07, 6.45) is 0. The summed E-state index contributed by atoms with van der Waals surface area (Å²) in [5.74, 6) is -0.290. The molecular formula is C13H22N4O4. The molecule has 0 unspecified atom stereocenters. The average molecular weight is 298 g/mol. The number of aromatic nitrogens is 2. The zero-order valence-corrected chi connectivity index (χ0v) is 12.8. The van der Waals surface area contributed by atoms with Gasteiger partial charge in [0.25, 0.3) is 5.56 Å². The van der Waals surface area contributed by atoms with Crippen molar-refractivity contribution in [1.82, 2.24) is 9.13 Å². The van der Waals surface area contributed by atoms with E-state index in [1.54, 1.807) is 6.92 Å². The molecule has 0 saturated heterocycles. The normalized spacial score (nSPS) is 10.7. The molecule has 0 saturated carbocycles. The van der Waals surface area contributed by atoms with Crippen LogP contribution >= 0.6 is 0 Å². The van der Waals surface area contributed by atoms with E-state index in [1.807, 2.05) is 13.8 Å². The van der Waals surface area contributed by atoms with Gasteiger partial charge in [0.05, 0.1) is 6.61 Å². The van der Waals surface area contributed by atoms with Gasteiger partial charge in [0.2, 0.25) is 0 Å². The predicted molar refractivity (Wildman–Crippen MR) is 80.3 cm³/mol. The highest BCUT2D eigenvalue weighted by atomic mass is 16.5. The lowest BCUT2D eigenvalue weighted by molar-refractivity contribution is -0.140. The summed E-state index contributed by atoms with van der Waals surface area (Å²) in [5, 5.41) is 2.65. The summed E-state index contributed by atoms with van der Waals surface area (Å²) in [7, 11) is 1.37. The molecule has 0 aromatic carbocycles. The summed E-state index contributed by atoms with van der Waals surface area (Å²) >= 11 is 0. The van der Waals surface area contributed by atoms with Crippen LogP contribution in [0.5, 0.6) is 0 Å². The van der Waals surface area contributed by atoms with Crippen LogP contribution in [0.1, 0.15) is 20.8 Å². The van der Waals surface area contributed by atoms with Gasteiger partial charge in [-0.25, -0.2) is 4.79 Å². The van der Waals surface area contributed by atoms with E-state index in [0.717, 1.165) is 4.57 Å². The van der Waals surface area contributed by atoms with Crippen LogP contribution in [0, 0.1) is 5.92 Å². The van der Waals surface area contributed by atoms with Crippen LogP contribution in [0.3, 0.4) is 0 Å². The largest absolute Gasteiger partial charge is 0.465 e. The highest BCUT2D eigenvalue weighted by molar-refractivity contribution is 5.76. The number of carbonyl (C=O) groups excluding carboxylic acids is 1. The number of esters is 1. The molecule has 21 heavy (non-hydrogen) atoms. The molecular weight excluding hydrogens is 276 g/mol. The van der Waals surface area contributed by atoms with Crippen molar-refractivity contribution < 1.29 is 9.53 Å². The lowest BCUT2D eigenvalue weighted by Gasteiger charge is -2.17. The number of nitrogens with one attached hydrogen (secondary N) is 1. The fraction of sp³-hybridized carbons (Fsp3) is 0.615. The molecule has 0 aliphatic heterocycles. The summed E-state index contributed by atoms with van der Waals surface area (Å²) in [6.45, 7) is 6.00. The van der Waals surface area contributed by atoms with Gasteiger partial charge in [-0.2, -0.15) is 0 Å². The number of nitrogen functional groups attached to an aromatic ring is 1. The molecule has 1 heterocycles. The number of nitrogens with two attached hydrogens (primary N) is 1. The summed E-state index contributed by atoms with van der Waals surface area (Å²) in [6, 6.07) is 0. The number of ether oxygens (including phenoxy) is 1. The fourth-order valence-electron chi connectivity index (χ4n) is 1.86. The van der Waals surface area contributed by atoms with E-state index in [1.165, 1.54) is 11.6 Å². The molecule has 0 atom stereocenters. The second kappa shape index (κ2) is 6.96. The minimum Gasteiger partial charge on any atom is -0.465 e. The smallest absolute Gasteiger partial charge is 0.332 e. The molecule has 0 amide bonds. The van der Waals surface area contributed by atoms with Crippen molar-refractivity contribution in [2.45, 2.75) is 27.3 Å². The van der Waals surface area contributed by atoms with Crippen molar-refractivity contribution in [2.75, 3.05) is 24.2 Å². The topological polar surface area (TPSA) is 108 Å². The maximum Gasteiger partial charge on any atom is 0.332 e. The lowest BCUT2D eigenvalue weighted by atomic mass is 10.2. The van der Waals surface area contributed by atoms with Gasteiger partial charge >= 0.3 is 11.7 Å². The quantitative estimate of drug-likeness (QED) is 0.702. The van der Waals surface area contributed by atoms with Crippen molar-refractivity contribution in [3.63, 3.8) is 0 Å².